The average Bonchev–Trinajstić information content (AvgIpc) is 1.50. The molecule has 4 heterocycles. The molecule has 0 amide bonds. The normalized spacial score (nSPS) is 15.6. The van der Waals surface area contributed by atoms with Crippen LogP contribution in [0.2, 0.25) is 0 Å². The van der Waals surface area contributed by atoms with Crippen molar-refractivity contribution in [3.05, 3.63) is 233 Å². The first-order valence-electron chi connectivity index (χ1n) is 33.6. The molecule has 0 saturated carbocycles. The van der Waals surface area contributed by atoms with E-state index >= 15 is 0 Å². The zero-order chi connectivity index (χ0) is 65.9. The van der Waals surface area contributed by atoms with Crippen LogP contribution in [0, 0.1) is 32.2 Å². The van der Waals surface area contributed by atoms with E-state index in [2.05, 4.69) is 233 Å². The van der Waals surface area contributed by atoms with Crippen LogP contribution in [0.4, 0.5) is 0 Å². The molecule has 1 aliphatic carbocycles. The summed E-state index contributed by atoms with van der Waals surface area (Å²) >= 11 is 0. The Morgan fingerprint density at radius 2 is 1.12 bits per heavy atom. The maximum Gasteiger partial charge on any atom is 0.268 e. The Kier molecular flexibility index (Phi) is 12.4. The van der Waals surface area contributed by atoms with Crippen molar-refractivity contribution in [3.63, 3.8) is 0 Å². The maximum atomic E-state index is 9.24. The molecule has 1 aliphatic heterocycles. The fourth-order valence-electron chi connectivity index (χ4n) is 13.6. The molecule has 12 aromatic rings. The van der Waals surface area contributed by atoms with Gasteiger partial charge in [0.05, 0.1) is 16.7 Å². The molecule has 88 heavy (non-hydrogen) atoms. The number of nitrogens with zero attached hydrogens (tertiary/aromatic N) is 4. The van der Waals surface area contributed by atoms with E-state index in [1.54, 1.807) is 18.2 Å². The smallest absolute Gasteiger partial charge is 0.268 e. The van der Waals surface area contributed by atoms with Gasteiger partial charge >= 0.3 is 0 Å². The summed E-state index contributed by atoms with van der Waals surface area (Å²) in [5.41, 5.74) is 17.7. The molecule has 0 bridgehead atoms. The van der Waals surface area contributed by atoms with Crippen LogP contribution in [0.1, 0.15) is 150 Å². The van der Waals surface area contributed by atoms with Crippen molar-refractivity contribution in [2.24, 2.45) is 0 Å². The Balaban J connectivity index is 0.00000803. The van der Waals surface area contributed by atoms with Crippen LogP contribution in [0.25, 0.3) is 106 Å². The average molecular weight is 1340 g/mol. The van der Waals surface area contributed by atoms with E-state index in [1.807, 2.05) is 47.2 Å². The van der Waals surface area contributed by atoms with E-state index in [0.29, 0.717) is 28.4 Å². The van der Waals surface area contributed by atoms with Gasteiger partial charge in [-0.15, -0.1) is 29.7 Å². The molecule has 3 aromatic heterocycles. The standard InChI is InChI=1S/C82H78N4O.Pt/c1-50-22-20-23-51(2)75(50)68-43-56(80(9,10)11)42-67-65-48-70-69(81(12,13)37-38-82(70,14)15)47-64(65)60-26-16-17-27-61(60)66-40-53(52-30-32-54(33-31-52)78(3,4)5)41-73-77(66)85(76(67)68)49-84(73)57-24-21-25-58(45-57)87-59-34-35-63-62-28-18-19-29-71(62)86(72(63)46-59)74-44-55(36-39-83-74)79(6,7)8;/h16-36,39-44,47-48H,37-38H2,1-15H3;/q-2;/i1D3,2D3;. The molecular formula is C82H78N4OPt-2. The second-order valence-corrected chi connectivity index (χ2v) is 28.7. The first kappa shape index (κ1) is 51.9. The van der Waals surface area contributed by atoms with E-state index in [1.165, 1.54) is 22.3 Å². The Morgan fingerprint density at radius 1 is 0.511 bits per heavy atom. The molecule has 0 N–H and O–H groups in total. The van der Waals surface area contributed by atoms with Gasteiger partial charge < -0.3 is 13.9 Å². The monoisotopic (exact) mass is 1340 g/mol. The van der Waals surface area contributed by atoms with Crippen LogP contribution in [-0.4, -0.2) is 14.1 Å². The molecule has 0 radical (unpaired) electrons. The summed E-state index contributed by atoms with van der Waals surface area (Å²) in [5, 5.41) is 2.09. The molecule has 9 aromatic carbocycles. The van der Waals surface area contributed by atoms with Gasteiger partial charge in [-0.1, -0.05) is 205 Å². The summed E-state index contributed by atoms with van der Waals surface area (Å²) in [5.74, 6) is 1.72. The largest absolute Gasteiger partial charge is 0.510 e. The summed E-state index contributed by atoms with van der Waals surface area (Å²) in [7, 11) is 0. The molecule has 0 atom stereocenters. The van der Waals surface area contributed by atoms with Crippen molar-refractivity contribution in [1.29, 1.82) is 0 Å². The summed E-state index contributed by atoms with van der Waals surface area (Å²) in [6.45, 7) is 23.8. The molecule has 444 valence electrons. The minimum absolute atomic E-state index is 0. The van der Waals surface area contributed by atoms with Crippen molar-refractivity contribution in [2.45, 2.75) is 144 Å². The zero-order valence-electron chi connectivity index (χ0n) is 58.7. The molecule has 14 rings (SSSR count). The molecule has 5 nitrogen and oxygen atoms in total. The fraction of sp³-hybridized carbons (Fsp3) is 0.268. The van der Waals surface area contributed by atoms with Gasteiger partial charge in [0.2, 0.25) is 0 Å². The van der Waals surface area contributed by atoms with Crippen LogP contribution in [0.5, 0.6) is 11.5 Å². The van der Waals surface area contributed by atoms with Gasteiger partial charge in [-0.25, -0.2) is 4.98 Å². The van der Waals surface area contributed by atoms with E-state index in [-0.39, 0.29) is 59.4 Å². The van der Waals surface area contributed by atoms with Crippen molar-refractivity contribution in [3.8, 4) is 84.3 Å². The first-order chi connectivity index (χ1) is 43.7. The fourth-order valence-corrected chi connectivity index (χ4v) is 13.6. The first-order valence-corrected chi connectivity index (χ1v) is 30.6. The van der Waals surface area contributed by atoms with Gasteiger partial charge in [0, 0.05) is 52.5 Å². The number of rotatable bonds is 6. The minimum atomic E-state index is -2.71. The van der Waals surface area contributed by atoms with Crippen LogP contribution in [-0.2, 0) is 48.1 Å². The molecule has 0 saturated heterocycles. The van der Waals surface area contributed by atoms with E-state index in [0.717, 1.165) is 102 Å². The number of hydrogen-bond donors (Lipinski definition) is 0. The molecule has 0 fully saturated rings. The number of para-hydroxylation sites is 1. The van der Waals surface area contributed by atoms with Crippen LogP contribution in [0.3, 0.4) is 0 Å². The third kappa shape index (κ3) is 9.88. The van der Waals surface area contributed by atoms with Crippen molar-refractivity contribution < 1.29 is 38.6 Å². The number of pyridine rings is 1. The molecule has 0 spiro atoms. The topological polar surface area (TPSA) is 35.9 Å². The van der Waals surface area contributed by atoms with Crippen molar-refractivity contribution in [1.82, 2.24) is 14.1 Å². The molecule has 6 heteroatoms. The number of aromatic nitrogens is 4. The number of aryl methyl sites for hydroxylation is 2. The second-order valence-electron chi connectivity index (χ2n) is 28.7. The van der Waals surface area contributed by atoms with E-state index in [9.17, 15) is 8.22 Å². The Hall–Kier alpha value is -8.11. The predicted octanol–water partition coefficient (Wildman–Crippen LogP) is 21.1. The maximum absolute atomic E-state index is 9.24. The summed E-state index contributed by atoms with van der Waals surface area (Å²) in [6, 6.07) is 65.8. The second kappa shape index (κ2) is 21.0. The van der Waals surface area contributed by atoms with Gasteiger partial charge in [-0.05, 0) is 190 Å². The van der Waals surface area contributed by atoms with Gasteiger partial charge in [0.25, 0.3) is 6.33 Å². The van der Waals surface area contributed by atoms with E-state index in [4.69, 9.17) is 9.72 Å². The number of fused-ring (bicyclic) bond motifs is 11. The van der Waals surface area contributed by atoms with Gasteiger partial charge in [-0.2, -0.15) is 18.2 Å². The van der Waals surface area contributed by atoms with Crippen LogP contribution in [0.15, 0.2) is 176 Å². The number of ether oxygens (including phenoxy) is 1. The molecule has 0 unspecified atom stereocenters. The molecule has 2 aliphatic rings. The van der Waals surface area contributed by atoms with Crippen molar-refractivity contribution >= 4 is 32.8 Å². The SMILES string of the molecule is [2H]C([2H])([2H])c1cccc(C([2H])([2H])[2H])c1-c1cc(C(C)(C)C)cc2c1-[n+]1[c-]n(-c3[c-]c(Oc4[c-]c5c(cc4)c4ccccc4n5-c4cc(C(C)(C)C)ccn4)ccc3)c3cc(-c4ccc(C(C)(C)C)cc4)cc(c31)-c1ccccc1-c1cc3c(cc1-2)C(C)(C)CCC3(C)C.[Pt]. The van der Waals surface area contributed by atoms with Crippen molar-refractivity contribution in [2.75, 3.05) is 0 Å². The number of imidazole rings is 1. The Morgan fingerprint density at radius 3 is 1.80 bits per heavy atom. The zero-order valence-corrected chi connectivity index (χ0v) is 54.9. The van der Waals surface area contributed by atoms with Gasteiger partial charge in [0.1, 0.15) is 5.82 Å². The third-order valence-electron chi connectivity index (χ3n) is 18.8. The van der Waals surface area contributed by atoms with Crippen LogP contribution < -0.4 is 9.30 Å². The third-order valence-corrected chi connectivity index (χ3v) is 18.8. The predicted molar refractivity (Wildman–Crippen MR) is 362 cm³/mol. The van der Waals surface area contributed by atoms with Gasteiger partial charge in [-0.3, -0.25) is 4.57 Å². The number of hydrogen-bond acceptors (Lipinski definition) is 2. The summed E-state index contributed by atoms with van der Waals surface area (Å²) in [4.78, 5) is 4.93. The Labute approximate surface area is 543 Å². The van der Waals surface area contributed by atoms with Crippen LogP contribution >= 0.6 is 0 Å². The molecular weight excluding hydrogens is 1250 g/mol. The van der Waals surface area contributed by atoms with Gasteiger partial charge in [0.15, 0.2) is 0 Å². The Bertz CT molecular complexity index is 5010. The number of benzene rings is 9. The van der Waals surface area contributed by atoms with E-state index < -0.39 is 19.1 Å². The quantitative estimate of drug-likeness (QED) is 0.123. The summed E-state index contributed by atoms with van der Waals surface area (Å²) < 4.78 is 68.6. The minimum Gasteiger partial charge on any atom is -0.510 e. The summed E-state index contributed by atoms with van der Waals surface area (Å²) in [6.07, 6.45) is 7.83.